The Morgan fingerprint density at radius 3 is 1.61 bits per heavy atom. The third-order valence-corrected chi connectivity index (χ3v) is 11.9. The molecule has 3 aromatic carbocycles. The number of benzene rings is 3. The minimum atomic E-state index is -4.28. The highest BCUT2D eigenvalue weighted by atomic mass is 79.9. The van der Waals surface area contributed by atoms with E-state index in [9.17, 15) is 41.0 Å². The number of pyridine rings is 2. The van der Waals surface area contributed by atoms with Crippen molar-refractivity contribution >= 4 is 50.4 Å². The fourth-order valence-electron chi connectivity index (χ4n) is 7.73. The van der Waals surface area contributed by atoms with E-state index in [1.165, 1.54) is 0 Å². The fourth-order valence-corrected chi connectivity index (χ4v) is 8.16. The van der Waals surface area contributed by atoms with E-state index in [0.717, 1.165) is 70.5 Å². The van der Waals surface area contributed by atoms with Crippen molar-refractivity contribution in [1.82, 2.24) is 29.4 Å². The van der Waals surface area contributed by atoms with Gasteiger partial charge in [-0.05, 0) is 114 Å². The zero-order valence-corrected chi connectivity index (χ0v) is 38.0. The molecule has 0 saturated heterocycles. The lowest BCUT2D eigenvalue weighted by Crippen LogP contribution is -2.26. The second-order valence-corrected chi connectivity index (χ2v) is 17.8. The summed E-state index contributed by atoms with van der Waals surface area (Å²) in [6, 6.07) is 22.5. The van der Waals surface area contributed by atoms with E-state index >= 15 is 0 Å². The van der Waals surface area contributed by atoms with Gasteiger partial charge in [-0.1, -0.05) is 36.4 Å². The molecule has 4 aromatic heterocycles. The molecule has 0 spiro atoms. The van der Waals surface area contributed by atoms with Gasteiger partial charge in [-0.3, -0.25) is 18.4 Å². The monoisotopic (exact) mass is 988 g/mol. The molecule has 0 bridgehead atoms. The topological polar surface area (TPSA) is 137 Å². The number of nitrogens with one attached hydrogen (secondary N) is 4. The van der Waals surface area contributed by atoms with E-state index in [2.05, 4.69) is 47.2 Å². The molecule has 5 N–H and O–H groups in total. The molecule has 0 aliphatic heterocycles. The maximum atomic E-state index is 12.8. The number of hydrogen-bond donors (Lipinski definition) is 5. The summed E-state index contributed by atoms with van der Waals surface area (Å²) in [6.45, 7) is 3.06. The summed E-state index contributed by atoms with van der Waals surface area (Å²) in [5.74, 6) is -0.165. The lowest BCUT2D eigenvalue weighted by molar-refractivity contribution is -0.132. The molecule has 2 saturated carbocycles. The van der Waals surface area contributed by atoms with Crippen LogP contribution in [0, 0.1) is 13.8 Å². The number of nitrogens with zero attached hydrogens (tertiary/aromatic N) is 4. The number of fused-ring (bicyclic) bond motifs is 2. The summed E-state index contributed by atoms with van der Waals surface area (Å²) in [5, 5.41) is 21.6. The maximum absolute atomic E-state index is 12.8. The standard InChI is InChI=1S/C28H27F3N4O2.C21H20BrF3N4O/c1-17-12-18(6-9-22(17)27(37)34-21-7-8-21)25-14-33-26-24(32-11-10-28(29,30)31)13-20(15-35(25)26)23-5-3-2-4-19(23)16-36;1-12-8-13(2-5-16(12)20(30)28-15-3-4-15)18-10-27-19-17(9-14(22)11-29(18)19)26-7-6-21(23,24)25/h2-6,9,12-15,21,32,36H,7-8,10-11,16H2,1H3,(H,34,37);2,5,8-11,15,26H,3-4,6-7H2,1H3,(H,28,30). The van der Waals surface area contributed by atoms with Crippen molar-refractivity contribution < 1.29 is 41.0 Å². The molecule has 4 heterocycles. The van der Waals surface area contributed by atoms with Crippen molar-refractivity contribution in [2.24, 2.45) is 0 Å². The number of alkyl halides is 6. The van der Waals surface area contributed by atoms with Crippen molar-refractivity contribution in [2.45, 2.75) is 83.4 Å². The summed E-state index contributed by atoms with van der Waals surface area (Å²) in [5.41, 5.74) is 10.3. The Hall–Kier alpha value is -6.40. The molecule has 0 unspecified atom stereocenters. The van der Waals surface area contributed by atoms with E-state index < -0.39 is 25.2 Å². The Bertz CT molecular complexity index is 2960. The number of imidazole rings is 2. The van der Waals surface area contributed by atoms with Crippen LogP contribution in [0.3, 0.4) is 0 Å². The SMILES string of the molecule is Cc1cc(-c2cnc3c(NCCC(F)(F)F)cc(-c4ccccc4CO)cn23)ccc1C(=O)NC1CC1.Cc1cc(-c2cnc3c(NCCC(F)(F)F)cc(Br)cn23)ccc1C(=O)NC1CC1. The van der Waals surface area contributed by atoms with Crippen molar-refractivity contribution in [1.29, 1.82) is 0 Å². The quantitative estimate of drug-likeness (QED) is 0.0685. The number of rotatable bonds is 14. The Balaban J connectivity index is 0.000000186. The Morgan fingerprint density at radius 2 is 1.15 bits per heavy atom. The highest BCUT2D eigenvalue weighted by molar-refractivity contribution is 9.10. The van der Waals surface area contributed by atoms with Gasteiger partial charge in [0.25, 0.3) is 11.8 Å². The minimum absolute atomic E-state index is 0.0708. The molecule has 0 radical (unpaired) electrons. The lowest BCUT2D eigenvalue weighted by Gasteiger charge is -2.15. The molecule has 2 amide bonds. The van der Waals surface area contributed by atoms with Crippen LogP contribution in [-0.4, -0.2) is 73.2 Å². The van der Waals surface area contributed by atoms with E-state index in [0.29, 0.717) is 43.8 Å². The van der Waals surface area contributed by atoms with E-state index in [4.69, 9.17) is 0 Å². The zero-order valence-electron chi connectivity index (χ0n) is 36.5. The van der Waals surface area contributed by atoms with Crippen LogP contribution in [0.5, 0.6) is 0 Å². The number of hydrogen-bond acceptors (Lipinski definition) is 7. The number of carbonyl (C=O) groups is 2. The average molecular weight is 990 g/mol. The van der Waals surface area contributed by atoms with Gasteiger partial charge in [0.05, 0.1) is 54.6 Å². The van der Waals surface area contributed by atoms with Crippen LogP contribution in [0.25, 0.3) is 44.9 Å². The first-order chi connectivity index (χ1) is 31.9. The van der Waals surface area contributed by atoms with Crippen LogP contribution < -0.4 is 21.3 Å². The molecule has 7 aromatic rings. The number of aryl methyl sites for hydroxylation is 2. The summed E-state index contributed by atoms with van der Waals surface area (Å²) < 4.78 is 80.3. The molecular weight excluding hydrogens is 942 g/mol. The Kier molecular flexibility index (Phi) is 13.7. The highest BCUT2D eigenvalue weighted by Crippen LogP contribution is 2.34. The van der Waals surface area contributed by atoms with Gasteiger partial charge >= 0.3 is 12.4 Å². The predicted octanol–water partition coefficient (Wildman–Crippen LogP) is 11.1. The normalized spacial score (nSPS) is 13.9. The van der Waals surface area contributed by atoms with Gasteiger partial charge in [0, 0.05) is 69.9 Å². The lowest BCUT2D eigenvalue weighted by atomic mass is 10.0. The number of carbonyl (C=O) groups excluding carboxylic acids is 2. The molecule has 11 nitrogen and oxygen atoms in total. The van der Waals surface area contributed by atoms with Crippen molar-refractivity contribution in [3.63, 3.8) is 0 Å². The van der Waals surface area contributed by atoms with E-state index in [1.54, 1.807) is 42.7 Å². The number of halogens is 7. The van der Waals surface area contributed by atoms with Gasteiger partial charge in [-0.2, -0.15) is 26.3 Å². The average Bonchev–Trinajstić information content (AvgIpc) is 4.19. The number of aliphatic hydroxyl groups is 1. The van der Waals surface area contributed by atoms with Crippen LogP contribution in [0.1, 0.15) is 75.9 Å². The van der Waals surface area contributed by atoms with Crippen molar-refractivity contribution in [2.75, 3.05) is 23.7 Å². The molecule has 67 heavy (non-hydrogen) atoms. The van der Waals surface area contributed by atoms with Gasteiger partial charge < -0.3 is 26.4 Å². The van der Waals surface area contributed by atoms with Gasteiger partial charge in [0.2, 0.25) is 0 Å². The molecule has 9 rings (SSSR count). The van der Waals surface area contributed by atoms with Crippen LogP contribution in [0.15, 0.2) is 102 Å². The van der Waals surface area contributed by atoms with Crippen molar-refractivity contribution in [3.05, 3.63) is 130 Å². The summed E-state index contributed by atoms with van der Waals surface area (Å²) in [4.78, 5) is 33.8. The highest BCUT2D eigenvalue weighted by Gasteiger charge is 2.29. The number of anilines is 2. The Labute approximate surface area is 390 Å². The smallest absolute Gasteiger partial charge is 0.390 e. The molecule has 18 heteroatoms. The van der Waals surface area contributed by atoms with Crippen LogP contribution >= 0.6 is 15.9 Å². The zero-order chi connectivity index (χ0) is 47.6. The number of aromatic nitrogens is 4. The fraction of sp³-hybridized carbons (Fsp3) is 0.306. The summed E-state index contributed by atoms with van der Waals surface area (Å²) in [7, 11) is 0. The number of aliphatic hydroxyl groups excluding tert-OH is 1. The molecule has 2 aliphatic rings. The second kappa shape index (κ2) is 19.4. The summed E-state index contributed by atoms with van der Waals surface area (Å²) >= 11 is 3.42. The molecule has 2 aliphatic carbocycles. The molecule has 0 atom stereocenters. The van der Waals surface area contributed by atoms with Gasteiger partial charge in [-0.15, -0.1) is 0 Å². The largest absolute Gasteiger partial charge is 0.392 e. The molecular formula is C49H47BrF6N8O3. The Morgan fingerprint density at radius 1 is 0.672 bits per heavy atom. The minimum Gasteiger partial charge on any atom is -0.392 e. The third kappa shape index (κ3) is 11.6. The van der Waals surface area contributed by atoms with Crippen molar-refractivity contribution in [3.8, 4) is 33.6 Å². The first-order valence-corrected chi connectivity index (χ1v) is 22.6. The van der Waals surface area contributed by atoms with E-state index in [-0.39, 0.29) is 43.6 Å². The second-order valence-electron chi connectivity index (χ2n) is 16.8. The molecule has 350 valence electrons. The number of amides is 2. The van der Waals surface area contributed by atoms with Gasteiger partial charge in [0.15, 0.2) is 11.3 Å². The van der Waals surface area contributed by atoms with Gasteiger partial charge in [-0.25, -0.2) is 9.97 Å². The van der Waals surface area contributed by atoms with Crippen LogP contribution in [0.4, 0.5) is 37.7 Å². The summed E-state index contributed by atoms with van der Waals surface area (Å²) in [6.07, 6.45) is 0.683. The maximum Gasteiger partial charge on any atom is 0.390 e. The molecule has 2 fully saturated rings. The third-order valence-electron chi connectivity index (χ3n) is 11.5. The first-order valence-electron chi connectivity index (χ1n) is 21.8. The van der Waals surface area contributed by atoms with Crippen LogP contribution in [-0.2, 0) is 6.61 Å². The first kappa shape index (κ1) is 47.1. The predicted molar refractivity (Wildman–Crippen MR) is 249 cm³/mol. The van der Waals surface area contributed by atoms with Gasteiger partial charge in [0.1, 0.15) is 0 Å². The van der Waals surface area contributed by atoms with Crippen LogP contribution in [0.2, 0.25) is 0 Å². The van der Waals surface area contributed by atoms with E-state index in [1.807, 2.05) is 77.5 Å².